The molecule has 2 aromatic rings. The molecule has 3 heteroatoms. The fraction of sp³-hybridized carbons (Fsp3) is 0.0833. The van der Waals surface area contributed by atoms with Gasteiger partial charge in [-0.15, -0.1) is 6.42 Å². The zero-order valence-electron chi connectivity index (χ0n) is 8.00. The van der Waals surface area contributed by atoms with Crippen molar-refractivity contribution in [1.82, 2.24) is 4.98 Å². The van der Waals surface area contributed by atoms with Gasteiger partial charge in [-0.05, 0) is 12.1 Å². The van der Waals surface area contributed by atoms with Crippen LogP contribution in [-0.4, -0.2) is 11.5 Å². The summed E-state index contributed by atoms with van der Waals surface area (Å²) >= 11 is 3.50. The fourth-order valence-electron chi connectivity index (χ4n) is 1.44. The molecule has 0 aliphatic carbocycles. The Labute approximate surface area is 96.8 Å². The predicted molar refractivity (Wildman–Crippen MR) is 66.8 cm³/mol. The van der Waals surface area contributed by atoms with Crippen LogP contribution < -0.4 is 5.32 Å². The summed E-state index contributed by atoms with van der Waals surface area (Å²) in [4.78, 5) is 4.26. The highest BCUT2D eigenvalue weighted by Crippen LogP contribution is 2.27. The molecule has 0 aliphatic rings. The summed E-state index contributed by atoms with van der Waals surface area (Å²) in [5, 5.41) is 5.30. The summed E-state index contributed by atoms with van der Waals surface area (Å²) in [5.74, 6) is 3.36. The van der Waals surface area contributed by atoms with Gasteiger partial charge in [0.25, 0.3) is 0 Å². The molecule has 0 fully saturated rings. The lowest BCUT2D eigenvalue weighted by molar-refractivity contribution is 1.27. The summed E-state index contributed by atoms with van der Waals surface area (Å²) in [5.41, 5.74) is 0. The molecule has 15 heavy (non-hydrogen) atoms. The van der Waals surface area contributed by atoms with Crippen molar-refractivity contribution in [2.24, 2.45) is 0 Å². The molecule has 0 saturated carbocycles. The van der Waals surface area contributed by atoms with E-state index < -0.39 is 0 Å². The third kappa shape index (κ3) is 1.95. The number of anilines is 1. The smallest absolute Gasteiger partial charge is 0.134 e. The number of terminal acetylenes is 1. The zero-order chi connectivity index (χ0) is 10.7. The van der Waals surface area contributed by atoms with E-state index in [1.165, 1.54) is 0 Å². The maximum atomic E-state index is 5.20. The summed E-state index contributed by atoms with van der Waals surface area (Å²) < 4.78 is 1.06. The lowest BCUT2D eigenvalue weighted by Gasteiger charge is -2.06. The summed E-state index contributed by atoms with van der Waals surface area (Å²) in [7, 11) is 0. The number of aromatic nitrogens is 1. The Morgan fingerprint density at radius 1 is 1.33 bits per heavy atom. The van der Waals surface area contributed by atoms with Crippen molar-refractivity contribution < 1.29 is 0 Å². The lowest BCUT2D eigenvalue weighted by Crippen LogP contribution is -2.01. The van der Waals surface area contributed by atoms with Gasteiger partial charge in [0.05, 0.1) is 6.54 Å². The second-order valence-corrected chi connectivity index (χ2v) is 3.91. The van der Waals surface area contributed by atoms with E-state index >= 15 is 0 Å². The number of halogens is 1. The molecule has 0 radical (unpaired) electrons. The summed E-state index contributed by atoms with van der Waals surface area (Å²) in [6.07, 6.45) is 6.97. The molecule has 1 N–H and O–H groups in total. The van der Waals surface area contributed by atoms with Crippen LogP contribution in [-0.2, 0) is 0 Å². The highest BCUT2D eigenvalue weighted by atomic mass is 79.9. The normalized spacial score (nSPS) is 9.87. The molecule has 0 unspecified atom stereocenters. The van der Waals surface area contributed by atoms with Gasteiger partial charge in [-0.1, -0.05) is 34.0 Å². The minimum atomic E-state index is 0.485. The third-order valence-electron chi connectivity index (χ3n) is 2.11. The van der Waals surface area contributed by atoms with E-state index in [-0.39, 0.29) is 0 Å². The molecule has 0 saturated heterocycles. The van der Waals surface area contributed by atoms with Crippen LogP contribution in [0.4, 0.5) is 5.82 Å². The molecule has 0 amide bonds. The zero-order valence-corrected chi connectivity index (χ0v) is 9.58. The number of hydrogen-bond donors (Lipinski definition) is 1. The molecule has 1 aromatic heterocycles. The Morgan fingerprint density at radius 2 is 2.20 bits per heavy atom. The van der Waals surface area contributed by atoms with Crippen LogP contribution in [0, 0.1) is 12.3 Å². The third-order valence-corrected chi connectivity index (χ3v) is 2.80. The van der Waals surface area contributed by atoms with Gasteiger partial charge in [0.1, 0.15) is 5.82 Å². The van der Waals surface area contributed by atoms with E-state index in [9.17, 15) is 0 Å². The second kappa shape index (κ2) is 4.33. The number of pyridine rings is 1. The maximum Gasteiger partial charge on any atom is 0.134 e. The number of rotatable bonds is 2. The van der Waals surface area contributed by atoms with Crippen molar-refractivity contribution in [3.8, 4) is 12.3 Å². The minimum Gasteiger partial charge on any atom is -0.359 e. The minimum absolute atomic E-state index is 0.485. The first-order chi connectivity index (χ1) is 7.33. The fourth-order valence-corrected chi connectivity index (χ4v) is 1.94. The van der Waals surface area contributed by atoms with Crippen molar-refractivity contribution in [3.63, 3.8) is 0 Å². The molecule has 0 aliphatic heterocycles. The first kappa shape index (κ1) is 10.0. The van der Waals surface area contributed by atoms with Crippen LogP contribution >= 0.6 is 15.9 Å². The Balaban J connectivity index is 2.57. The summed E-state index contributed by atoms with van der Waals surface area (Å²) in [6.45, 7) is 0.485. The van der Waals surface area contributed by atoms with Gasteiger partial charge >= 0.3 is 0 Å². The molecule has 0 bridgehead atoms. The SMILES string of the molecule is C#CCNc1nccc2c(Br)cccc12. The van der Waals surface area contributed by atoms with Gasteiger partial charge in [0, 0.05) is 21.4 Å². The topological polar surface area (TPSA) is 24.9 Å². The van der Waals surface area contributed by atoms with Gasteiger partial charge in [0.15, 0.2) is 0 Å². The average molecular weight is 261 g/mol. The second-order valence-electron chi connectivity index (χ2n) is 3.05. The Kier molecular flexibility index (Phi) is 2.89. The van der Waals surface area contributed by atoms with Gasteiger partial charge < -0.3 is 5.32 Å². The van der Waals surface area contributed by atoms with E-state index in [0.29, 0.717) is 6.54 Å². The van der Waals surface area contributed by atoms with Crippen molar-refractivity contribution in [2.45, 2.75) is 0 Å². The first-order valence-corrected chi connectivity index (χ1v) is 5.33. The predicted octanol–water partition coefficient (Wildman–Crippen LogP) is 3.04. The van der Waals surface area contributed by atoms with E-state index in [4.69, 9.17) is 6.42 Å². The van der Waals surface area contributed by atoms with Gasteiger partial charge in [0.2, 0.25) is 0 Å². The number of benzene rings is 1. The van der Waals surface area contributed by atoms with E-state index in [1.54, 1.807) is 6.20 Å². The molecule has 0 spiro atoms. The van der Waals surface area contributed by atoms with Crippen LogP contribution in [0.2, 0.25) is 0 Å². The largest absolute Gasteiger partial charge is 0.359 e. The van der Waals surface area contributed by atoms with Gasteiger partial charge in [-0.3, -0.25) is 0 Å². The van der Waals surface area contributed by atoms with Crippen molar-refractivity contribution >= 4 is 32.5 Å². The van der Waals surface area contributed by atoms with E-state index in [0.717, 1.165) is 21.1 Å². The molecule has 2 nitrogen and oxygen atoms in total. The van der Waals surface area contributed by atoms with Gasteiger partial charge in [-0.2, -0.15) is 0 Å². The molecular formula is C12H9BrN2. The molecule has 1 heterocycles. The average Bonchev–Trinajstić information content (AvgIpc) is 2.27. The standard InChI is InChI=1S/C12H9BrN2/c1-2-7-14-12-10-4-3-5-11(13)9(10)6-8-15-12/h1,3-6,8H,7H2,(H,14,15). The number of nitrogens with zero attached hydrogens (tertiary/aromatic N) is 1. The van der Waals surface area contributed by atoms with Crippen molar-refractivity contribution in [1.29, 1.82) is 0 Å². The van der Waals surface area contributed by atoms with Crippen LogP contribution in [0.3, 0.4) is 0 Å². The van der Waals surface area contributed by atoms with E-state index in [2.05, 4.69) is 32.2 Å². The highest BCUT2D eigenvalue weighted by molar-refractivity contribution is 9.10. The number of fused-ring (bicyclic) bond motifs is 1. The Bertz CT molecular complexity index is 529. The lowest BCUT2D eigenvalue weighted by atomic mass is 10.1. The Hall–Kier alpha value is -1.53. The molecule has 0 atom stereocenters. The molecule has 2 rings (SSSR count). The monoisotopic (exact) mass is 260 g/mol. The first-order valence-electron chi connectivity index (χ1n) is 4.53. The van der Waals surface area contributed by atoms with Gasteiger partial charge in [-0.25, -0.2) is 4.98 Å². The van der Waals surface area contributed by atoms with Crippen LogP contribution in [0.15, 0.2) is 34.9 Å². The maximum absolute atomic E-state index is 5.20. The summed E-state index contributed by atoms with van der Waals surface area (Å²) in [6, 6.07) is 7.98. The number of hydrogen-bond acceptors (Lipinski definition) is 2. The molecule has 74 valence electrons. The van der Waals surface area contributed by atoms with Crippen molar-refractivity contribution in [2.75, 3.05) is 11.9 Å². The molecular weight excluding hydrogens is 252 g/mol. The highest BCUT2D eigenvalue weighted by Gasteiger charge is 2.02. The van der Waals surface area contributed by atoms with Crippen LogP contribution in [0.1, 0.15) is 0 Å². The van der Waals surface area contributed by atoms with Crippen LogP contribution in [0.25, 0.3) is 10.8 Å². The molecule has 1 aromatic carbocycles. The van der Waals surface area contributed by atoms with Crippen LogP contribution in [0.5, 0.6) is 0 Å². The van der Waals surface area contributed by atoms with Crippen molar-refractivity contribution in [3.05, 3.63) is 34.9 Å². The quantitative estimate of drug-likeness (QED) is 0.840. The Morgan fingerprint density at radius 3 is 3.00 bits per heavy atom. The number of nitrogens with one attached hydrogen (secondary N) is 1. The van der Waals surface area contributed by atoms with E-state index in [1.807, 2.05) is 24.3 Å².